The maximum absolute atomic E-state index is 13.0. The van der Waals surface area contributed by atoms with Gasteiger partial charge in [-0.3, -0.25) is 0 Å². The average Bonchev–Trinajstić information content (AvgIpc) is 2.08. The van der Waals surface area contributed by atoms with Crippen molar-refractivity contribution in [2.45, 2.75) is 19.6 Å². The van der Waals surface area contributed by atoms with Crippen LogP contribution in [0.4, 0.5) is 4.39 Å². The number of hydrogen-bond acceptors (Lipinski definition) is 2. The van der Waals surface area contributed by atoms with E-state index in [2.05, 4.69) is 5.32 Å². The molecule has 1 aromatic carbocycles. The molecule has 13 heavy (non-hydrogen) atoms. The quantitative estimate of drug-likeness (QED) is 0.737. The van der Waals surface area contributed by atoms with Crippen molar-refractivity contribution in [2.24, 2.45) is 0 Å². The lowest BCUT2D eigenvalue weighted by molar-refractivity contribution is 0.191. The zero-order chi connectivity index (χ0) is 9.68. The first-order chi connectivity index (χ1) is 6.20. The van der Waals surface area contributed by atoms with Crippen LogP contribution >= 0.6 is 0 Å². The summed E-state index contributed by atoms with van der Waals surface area (Å²) in [5, 5.41) is 11.9. The lowest BCUT2D eigenvalue weighted by Crippen LogP contribution is -2.24. The van der Waals surface area contributed by atoms with Crippen LogP contribution in [-0.2, 0) is 6.54 Å². The van der Waals surface area contributed by atoms with Crippen molar-refractivity contribution < 1.29 is 9.50 Å². The maximum atomic E-state index is 13.0. The Bertz CT molecular complexity index is 263. The number of halogens is 1. The Hall–Kier alpha value is -0.930. The van der Waals surface area contributed by atoms with Crippen LogP contribution in [0.25, 0.3) is 0 Å². The van der Waals surface area contributed by atoms with E-state index in [1.165, 1.54) is 6.07 Å². The van der Waals surface area contributed by atoms with Crippen molar-refractivity contribution in [1.29, 1.82) is 0 Å². The largest absolute Gasteiger partial charge is 0.392 e. The van der Waals surface area contributed by atoms with Gasteiger partial charge in [0.15, 0.2) is 0 Å². The molecular formula is C10H14FNO. The van der Waals surface area contributed by atoms with Crippen molar-refractivity contribution >= 4 is 0 Å². The van der Waals surface area contributed by atoms with Crippen molar-refractivity contribution in [3.8, 4) is 0 Å². The highest BCUT2D eigenvalue weighted by atomic mass is 19.1. The first kappa shape index (κ1) is 10.2. The number of aliphatic hydroxyl groups excluding tert-OH is 1. The van der Waals surface area contributed by atoms with E-state index < -0.39 is 6.10 Å². The van der Waals surface area contributed by atoms with Crippen molar-refractivity contribution in [1.82, 2.24) is 5.32 Å². The molecule has 0 aliphatic rings. The molecule has 0 saturated heterocycles. The van der Waals surface area contributed by atoms with Crippen LogP contribution in [0.2, 0.25) is 0 Å². The van der Waals surface area contributed by atoms with Gasteiger partial charge in [0.25, 0.3) is 0 Å². The Morgan fingerprint density at radius 1 is 1.46 bits per heavy atom. The van der Waals surface area contributed by atoms with Gasteiger partial charge in [-0.1, -0.05) is 18.2 Å². The molecule has 0 aliphatic carbocycles. The van der Waals surface area contributed by atoms with E-state index in [1.807, 2.05) is 0 Å². The van der Waals surface area contributed by atoms with E-state index >= 15 is 0 Å². The predicted molar refractivity (Wildman–Crippen MR) is 49.8 cm³/mol. The monoisotopic (exact) mass is 183 g/mol. The number of aliphatic hydroxyl groups is 1. The summed E-state index contributed by atoms with van der Waals surface area (Å²) in [7, 11) is 0. The Balaban J connectivity index is 2.41. The lowest BCUT2D eigenvalue weighted by Gasteiger charge is -2.07. The van der Waals surface area contributed by atoms with Crippen molar-refractivity contribution in [3.05, 3.63) is 35.6 Å². The standard InChI is InChI=1S/C10H14FNO/c1-8(13)6-12-7-9-4-2-3-5-10(9)11/h2-5,8,12-13H,6-7H2,1H3/t8-/m1/s1. The van der Waals surface area contributed by atoms with Gasteiger partial charge in [0.1, 0.15) is 5.82 Å². The smallest absolute Gasteiger partial charge is 0.127 e. The molecule has 0 saturated carbocycles. The van der Waals surface area contributed by atoms with Gasteiger partial charge in [0.05, 0.1) is 6.10 Å². The summed E-state index contributed by atoms with van der Waals surface area (Å²) in [5.41, 5.74) is 0.628. The van der Waals surface area contributed by atoms with Crippen molar-refractivity contribution in [2.75, 3.05) is 6.54 Å². The third-order valence-corrected chi connectivity index (χ3v) is 1.71. The summed E-state index contributed by atoms with van der Waals surface area (Å²) in [6.07, 6.45) is -0.397. The molecule has 0 spiro atoms. The molecular weight excluding hydrogens is 169 g/mol. The molecule has 2 N–H and O–H groups in total. The first-order valence-corrected chi connectivity index (χ1v) is 4.32. The van der Waals surface area contributed by atoms with Crippen LogP contribution in [-0.4, -0.2) is 17.8 Å². The Labute approximate surface area is 77.4 Å². The molecule has 72 valence electrons. The molecule has 3 heteroatoms. The van der Waals surface area contributed by atoms with E-state index in [0.717, 1.165) is 0 Å². The highest BCUT2D eigenvalue weighted by Crippen LogP contribution is 2.05. The third kappa shape index (κ3) is 3.53. The van der Waals surface area contributed by atoms with E-state index in [0.29, 0.717) is 18.7 Å². The molecule has 1 atom stereocenters. The van der Waals surface area contributed by atoms with E-state index in [9.17, 15) is 4.39 Å². The molecule has 0 heterocycles. The van der Waals surface area contributed by atoms with Crippen LogP contribution in [0.15, 0.2) is 24.3 Å². The fraction of sp³-hybridized carbons (Fsp3) is 0.400. The minimum Gasteiger partial charge on any atom is -0.392 e. The van der Waals surface area contributed by atoms with Gasteiger partial charge in [0.2, 0.25) is 0 Å². The number of rotatable bonds is 4. The number of nitrogens with one attached hydrogen (secondary N) is 1. The third-order valence-electron chi connectivity index (χ3n) is 1.71. The molecule has 0 radical (unpaired) electrons. The number of hydrogen-bond donors (Lipinski definition) is 2. The molecule has 2 nitrogen and oxygen atoms in total. The molecule has 0 fully saturated rings. The van der Waals surface area contributed by atoms with Crippen LogP contribution < -0.4 is 5.32 Å². The Morgan fingerprint density at radius 2 is 2.15 bits per heavy atom. The van der Waals surface area contributed by atoms with Gasteiger partial charge in [-0.05, 0) is 13.0 Å². The summed E-state index contributed by atoms with van der Waals surface area (Å²) in [4.78, 5) is 0. The summed E-state index contributed by atoms with van der Waals surface area (Å²) >= 11 is 0. The molecule has 0 unspecified atom stereocenters. The molecule has 0 aliphatic heterocycles. The fourth-order valence-electron chi connectivity index (χ4n) is 1.06. The highest BCUT2D eigenvalue weighted by Gasteiger charge is 2.00. The molecule has 0 aromatic heterocycles. The fourth-order valence-corrected chi connectivity index (χ4v) is 1.06. The van der Waals surface area contributed by atoms with Crippen LogP contribution in [0, 0.1) is 5.82 Å². The topological polar surface area (TPSA) is 32.3 Å². The summed E-state index contributed by atoms with van der Waals surface area (Å²) in [6.45, 7) is 2.63. The highest BCUT2D eigenvalue weighted by molar-refractivity contribution is 5.16. The Kier molecular flexibility index (Phi) is 3.86. The SMILES string of the molecule is C[C@@H](O)CNCc1ccccc1F. The molecule has 0 bridgehead atoms. The molecule has 0 amide bonds. The van der Waals surface area contributed by atoms with E-state index in [1.54, 1.807) is 25.1 Å². The van der Waals surface area contributed by atoms with Crippen molar-refractivity contribution in [3.63, 3.8) is 0 Å². The molecule has 1 rings (SSSR count). The minimum atomic E-state index is -0.397. The summed E-state index contributed by atoms with van der Waals surface area (Å²) in [5.74, 6) is -0.208. The second kappa shape index (κ2) is 4.94. The van der Waals surface area contributed by atoms with Gasteiger partial charge in [-0.25, -0.2) is 4.39 Å². The first-order valence-electron chi connectivity index (χ1n) is 4.32. The van der Waals surface area contributed by atoms with Crippen LogP contribution in [0.1, 0.15) is 12.5 Å². The normalized spacial score (nSPS) is 12.8. The second-order valence-electron chi connectivity index (χ2n) is 3.07. The second-order valence-corrected chi connectivity index (χ2v) is 3.07. The summed E-state index contributed by atoms with van der Waals surface area (Å²) in [6, 6.07) is 6.61. The summed E-state index contributed by atoms with van der Waals surface area (Å²) < 4.78 is 13.0. The zero-order valence-electron chi connectivity index (χ0n) is 7.63. The maximum Gasteiger partial charge on any atom is 0.127 e. The van der Waals surface area contributed by atoms with E-state index in [4.69, 9.17) is 5.11 Å². The van der Waals surface area contributed by atoms with Gasteiger partial charge in [0, 0.05) is 18.7 Å². The van der Waals surface area contributed by atoms with Gasteiger partial charge in [-0.15, -0.1) is 0 Å². The van der Waals surface area contributed by atoms with Gasteiger partial charge < -0.3 is 10.4 Å². The van der Waals surface area contributed by atoms with E-state index in [-0.39, 0.29) is 5.82 Å². The van der Waals surface area contributed by atoms with Crippen LogP contribution in [0.3, 0.4) is 0 Å². The van der Waals surface area contributed by atoms with Gasteiger partial charge in [-0.2, -0.15) is 0 Å². The Morgan fingerprint density at radius 3 is 2.77 bits per heavy atom. The zero-order valence-corrected chi connectivity index (χ0v) is 7.63. The average molecular weight is 183 g/mol. The number of benzene rings is 1. The minimum absolute atomic E-state index is 0.208. The molecule has 1 aromatic rings. The lowest BCUT2D eigenvalue weighted by atomic mass is 10.2. The predicted octanol–water partition coefficient (Wildman–Crippen LogP) is 1.30. The van der Waals surface area contributed by atoms with Gasteiger partial charge >= 0.3 is 0 Å². The van der Waals surface area contributed by atoms with Crippen LogP contribution in [0.5, 0.6) is 0 Å².